The third kappa shape index (κ3) is 2.80. The number of aryl methyl sites for hydroxylation is 1. The Bertz CT molecular complexity index is 509. The van der Waals surface area contributed by atoms with Crippen molar-refractivity contribution in [1.29, 1.82) is 0 Å². The Kier molecular flexibility index (Phi) is 3.95. The highest BCUT2D eigenvalue weighted by Gasteiger charge is 2.40. The Hall–Kier alpha value is -1.47. The highest BCUT2D eigenvalue weighted by molar-refractivity contribution is 5.86. The van der Waals surface area contributed by atoms with Crippen LogP contribution < -0.4 is 5.73 Å². The minimum absolute atomic E-state index is 0.0673. The van der Waals surface area contributed by atoms with Crippen LogP contribution in [0.15, 0.2) is 6.33 Å². The van der Waals surface area contributed by atoms with Crippen LogP contribution in [0, 0.1) is 0 Å². The number of nitrogens with zero attached hydrogens (tertiary/aromatic N) is 4. The molecule has 21 heavy (non-hydrogen) atoms. The number of hydrogen-bond acceptors (Lipinski definition) is 5. The molecule has 0 bridgehead atoms. The van der Waals surface area contributed by atoms with Crippen LogP contribution in [-0.2, 0) is 16.6 Å². The lowest BCUT2D eigenvalue weighted by atomic mass is 9.87. The van der Waals surface area contributed by atoms with Gasteiger partial charge in [-0.2, -0.15) is 0 Å². The molecule has 116 valence electrons. The molecular formula is C14H23N5O2. The SMILES string of the molecule is Cn1cnnc1C1CCCN(C(=O)C2(N)CCOCC2)C1. The van der Waals surface area contributed by atoms with E-state index in [1.807, 2.05) is 16.5 Å². The summed E-state index contributed by atoms with van der Waals surface area (Å²) in [5, 5.41) is 8.13. The summed E-state index contributed by atoms with van der Waals surface area (Å²) >= 11 is 0. The van der Waals surface area contributed by atoms with Gasteiger partial charge in [0.05, 0.1) is 5.54 Å². The van der Waals surface area contributed by atoms with Crippen LogP contribution in [0.4, 0.5) is 0 Å². The van der Waals surface area contributed by atoms with Gasteiger partial charge in [-0.1, -0.05) is 0 Å². The third-order valence-corrected chi connectivity index (χ3v) is 4.63. The summed E-state index contributed by atoms with van der Waals surface area (Å²) in [7, 11) is 1.94. The molecule has 1 atom stereocenters. The Balaban J connectivity index is 1.71. The van der Waals surface area contributed by atoms with Crippen molar-refractivity contribution in [3.05, 3.63) is 12.2 Å². The molecule has 0 aromatic carbocycles. The van der Waals surface area contributed by atoms with Crippen LogP contribution >= 0.6 is 0 Å². The van der Waals surface area contributed by atoms with Crippen LogP contribution in [0.2, 0.25) is 0 Å². The van der Waals surface area contributed by atoms with Crippen LogP contribution in [0.5, 0.6) is 0 Å². The number of hydrogen-bond donors (Lipinski definition) is 1. The number of ether oxygens (including phenoxy) is 1. The van der Waals surface area contributed by atoms with Crippen LogP contribution in [0.1, 0.15) is 37.4 Å². The molecule has 1 unspecified atom stereocenters. The average Bonchev–Trinajstić information content (AvgIpc) is 2.93. The molecule has 2 N–H and O–H groups in total. The lowest BCUT2D eigenvalue weighted by molar-refractivity contribution is -0.141. The summed E-state index contributed by atoms with van der Waals surface area (Å²) < 4.78 is 7.26. The van der Waals surface area contributed by atoms with Crippen LogP contribution in [0.25, 0.3) is 0 Å². The zero-order valence-electron chi connectivity index (χ0n) is 12.5. The van der Waals surface area contributed by atoms with E-state index in [0.717, 1.165) is 25.2 Å². The van der Waals surface area contributed by atoms with Crippen LogP contribution in [0.3, 0.4) is 0 Å². The first-order valence-corrected chi connectivity index (χ1v) is 7.60. The number of likely N-dealkylation sites (tertiary alicyclic amines) is 1. The van der Waals surface area contributed by atoms with Gasteiger partial charge in [-0.3, -0.25) is 4.79 Å². The van der Waals surface area contributed by atoms with Crippen molar-refractivity contribution in [2.75, 3.05) is 26.3 Å². The Labute approximate surface area is 124 Å². The van der Waals surface area contributed by atoms with Gasteiger partial charge in [-0.15, -0.1) is 10.2 Å². The summed E-state index contributed by atoms with van der Waals surface area (Å²) in [6.45, 7) is 2.61. The molecule has 3 heterocycles. The molecule has 2 fully saturated rings. The predicted octanol–water partition coefficient (Wildman–Crippen LogP) is 0.0290. The van der Waals surface area contributed by atoms with Gasteiger partial charge in [-0.25, -0.2) is 0 Å². The number of nitrogens with two attached hydrogens (primary N) is 1. The van der Waals surface area contributed by atoms with Gasteiger partial charge in [0.1, 0.15) is 12.2 Å². The lowest BCUT2D eigenvalue weighted by Gasteiger charge is -2.40. The second kappa shape index (κ2) is 5.73. The first-order chi connectivity index (χ1) is 10.1. The number of amides is 1. The van der Waals surface area contributed by atoms with E-state index in [0.29, 0.717) is 32.6 Å². The zero-order valence-corrected chi connectivity index (χ0v) is 12.5. The van der Waals surface area contributed by atoms with Gasteiger partial charge in [0.2, 0.25) is 5.91 Å². The summed E-state index contributed by atoms with van der Waals surface area (Å²) in [6, 6.07) is 0. The van der Waals surface area contributed by atoms with E-state index in [-0.39, 0.29) is 11.8 Å². The van der Waals surface area contributed by atoms with E-state index < -0.39 is 5.54 Å². The monoisotopic (exact) mass is 293 g/mol. The minimum Gasteiger partial charge on any atom is -0.381 e. The van der Waals surface area contributed by atoms with Crippen molar-refractivity contribution in [2.45, 2.75) is 37.1 Å². The largest absolute Gasteiger partial charge is 0.381 e. The second-order valence-corrected chi connectivity index (χ2v) is 6.16. The van der Waals surface area contributed by atoms with E-state index in [1.165, 1.54) is 0 Å². The molecular weight excluding hydrogens is 270 g/mol. The van der Waals surface area contributed by atoms with Crippen LogP contribution in [-0.4, -0.2) is 57.4 Å². The fourth-order valence-electron chi connectivity index (χ4n) is 3.30. The van der Waals surface area contributed by atoms with E-state index in [4.69, 9.17) is 10.5 Å². The fourth-order valence-corrected chi connectivity index (χ4v) is 3.30. The normalized spacial score (nSPS) is 25.8. The number of rotatable bonds is 2. The Morgan fingerprint density at radius 2 is 2.24 bits per heavy atom. The molecule has 1 aromatic rings. The van der Waals surface area contributed by atoms with E-state index in [1.54, 1.807) is 6.33 Å². The quantitative estimate of drug-likeness (QED) is 0.831. The highest BCUT2D eigenvalue weighted by atomic mass is 16.5. The fraction of sp³-hybridized carbons (Fsp3) is 0.786. The van der Waals surface area contributed by atoms with E-state index in [2.05, 4.69) is 10.2 Å². The summed E-state index contributed by atoms with van der Waals surface area (Å²) in [6.07, 6.45) is 4.94. The number of carbonyl (C=O) groups excluding carboxylic acids is 1. The maximum absolute atomic E-state index is 12.8. The molecule has 1 amide bonds. The van der Waals surface area contributed by atoms with Gasteiger partial charge in [0.15, 0.2) is 0 Å². The van der Waals surface area contributed by atoms with Crippen molar-refractivity contribution < 1.29 is 9.53 Å². The third-order valence-electron chi connectivity index (χ3n) is 4.63. The van der Waals surface area contributed by atoms with E-state index in [9.17, 15) is 4.79 Å². The van der Waals surface area contributed by atoms with E-state index >= 15 is 0 Å². The minimum atomic E-state index is -0.750. The molecule has 2 aliphatic rings. The van der Waals surface area contributed by atoms with Gasteiger partial charge in [0, 0.05) is 39.3 Å². The number of aromatic nitrogens is 3. The van der Waals surface area contributed by atoms with Crippen molar-refractivity contribution in [2.24, 2.45) is 12.8 Å². The van der Waals surface area contributed by atoms with Crippen molar-refractivity contribution in [1.82, 2.24) is 19.7 Å². The highest BCUT2D eigenvalue weighted by Crippen LogP contribution is 2.28. The predicted molar refractivity (Wildman–Crippen MR) is 76.5 cm³/mol. The van der Waals surface area contributed by atoms with Gasteiger partial charge >= 0.3 is 0 Å². The molecule has 1 aromatic heterocycles. The Morgan fingerprint density at radius 3 is 2.90 bits per heavy atom. The molecule has 0 radical (unpaired) electrons. The molecule has 7 nitrogen and oxygen atoms in total. The average molecular weight is 293 g/mol. The molecule has 2 saturated heterocycles. The Morgan fingerprint density at radius 1 is 1.48 bits per heavy atom. The van der Waals surface area contributed by atoms with Crippen molar-refractivity contribution in [3.8, 4) is 0 Å². The first kappa shape index (κ1) is 14.5. The zero-order chi connectivity index (χ0) is 14.9. The summed E-state index contributed by atoms with van der Waals surface area (Å²) in [5.41, 5.74) is 5.57. The maximum Gasteiger partial charge on any atom is 0.242 e. The molecule has 0 saturated carbocycles. The number of piperidine rings is 1. The lowest BCUT2D eigenvalue weighted by Crippen LogP contribution is -2.59. The maximum atomic E-state index is 12.8. The van der Waals surface area contributed by atoms with Gasteiger partial charge < -0.3 is 19.9 Å². The van der Waals surface area contributed by atoms with Crippen molar-refractivity contribution in [3.63, 3.8) is 0 Å². The molecule has 0 spiro atoms. The smallest absolute Gasteiger partial charge is 0.242 e. The summed E-state index contributed by atoms with van der Waals surface area (Å²) in [5.74, 6) is 1.27. The first-order valence-electron chi connectivity index (χ1n) is 7.60. The molecule has 0 aliphatic carbocycles. The topological polar surface area (TPSA) is 86.3 Å². The molecule has 2 aliphatic heterocycles. The van der Waals surface area contributed by atoms with Gasteiger partial charge in [-0.05, 0) is 25.7 Å². The standard InChI is InChI=1S/C14H23N5O2/c1-18-10-16-17-12(18)11-3-2-6-19(9-11)13(20)14(15)4-7-21-8-5-14/h10-11H,2-9,15H2,1H3. The van der Waals surface area contributed by atoms with Gasteiger partial charge in [0.25, 0.3) is 0 Å². The molecule has 7 heteroatoms. The molecule has 3 rings (SSSR count). The van der Waals surface area contributed by atoms with Crippen molar-refractivity contribution >= 4 is 5.91 Å². The number of carbonyl (C=O) groups is 1. The second-order valence-electron chi connectivity index (χ2n) is 6.16. The summed E-state index contributed by atoms with van der Waals surface area (Å²) in [4.78, 5) is 14.7.